The van der Waals surface area contributed by atoms with E-state index in [9.17, 15) is 13.2 Å². The van der Waals surface area contributed by atoms with Gasteiger partial charge < -0.3 is 10.5 Å². The van der Waals surface area contributed by atoms with Crippen LogP contribution >= 0.6 is 0 Å². The topological polar surface area (TPSA) is 35.2 Å². The molecule has 0 heterocycles. The highest BCUT2D eigenvalue weighted by Gasteiger charge is 2.19. The number of hydrogen-bond acceptors (Lipinski definition) is 2. The molecule has 2 N–H and O–H groups in total. The van der Waals surface area contributed by atoms with Gasteiger partial charge in [-0.05, 0) is 30.7 Å². The van der Waals surface area contributed by atoms with Gasteiger partial charge in [0.15, 0.2) is 17.5 Å². The number of hydrogen-bond donors (Lipinski definition) is 1. The molecule has 0 saturated heterocycles. The summed E-state index contributed by atoms with van der Waals surface area (Å²) in [6.45, 7) is 2.39. The van der Waals surface area contributed by atoms with Gasteiger partial charge in [0.2, 0.25) is 0 Å². The molecule has 20 heavy (non-hydrogen) atoms. The Hall–Kier alpha value is -2.01. The molecule has 0 amide bonds. The highest BCUT2D eigenvalue weighted by molar-refractivity contribution is 5.36. The molecule has 0 aromatic heterocycles. The summed E-state index contributed by atoms with van der Waals surface area (Å²) in [7, 11) is 0. The van der Waals surface area contributed by atoms with Crippen molar-refractivity contribution in [3.63, 3.8) is 0 Å². The Morgan fingerprint density at radius 2 is 1.65 bits per heavy atom. The summed E-state index contributed by atoms with van der Waals surface area (Å²) in [4.78, 5) is 0. The standard InChI is InChI=1S/C15H14F3NO/c1-2-20-10-5-3-9(4-6-10)15(19)11-7-8-12(16)14(18)13(11)17/h3-8,15H,2,19H2,1H3. The second kappa shape index (κ2) is 5.96. The SMILES string of the molecule is CCOc1ccc(C(N)c2ccc(F)c(F)c2F)cc1. The Labute approximate surface area is 115 Å². The lowest BCUT2D eigenvalue weighted by atomic mass is 9.99. The minimum atomic E-state index is -1.51. The van der Waals surface area contributed by atoms with E-state index in [0.717, 1.165) is 12.1 Å². The molecule has 1 unspecified atom stereocenters. The van der Waals surface area contributed by atoms with E-state index in [1.54, 1.807) is 24.3 Å². The first-order valence-corrected chi connectivity index (χ1v) is 6.16. The van der Waals surface area contributed by atoms with E-state index in [1.165, 1.54) is 0 Å². The van der Waals surface area contributed by atoms with Crippen LogP contribution in [0.4, 0.5) is 13.2 Å². The Morgan fingerprint density at radius 3 is 2.25 bits per heavy atom. The van der Waals surface area contributed by atoms with Crippen LogP contribution in [-0.2, 0) is 0 Å². The first-order chi connectivity index (χ1) is 9.54. The highest BCUT2D eigenvalue weighted by Crippen LogP contribution is 2.26. The van der Waals surface area contributed by atoms with Crippen molar-refractivity contribution in [2.24, 2.45) is 5.73 Å². The molecule has 0 aliphatic rings. The summed E-state index contributed by atoms with van der Waals surface area (Å²) in [6.07, 6.45) is 0. The smallest absolute Gasteiger partial charge is 0.194 e. The summed E-state index contributed by atoms with van der Waals surface area (Å²) in [5.74, 6) is -3.34. The normalized spacial score (nSPS) is 12.2. The molecule has 2 rings (SSSR count). The van der Waals surface area contributed by atoms with Crippen LogP contribution in [-0.4, -0.2) is 6.61 Å². The van der Waals surface area contributed by atoms with Crippen LogP contribution in [0.2, 0.25) is 0 Å². The average Bonchev–Trinajstić information content (AvgIpc) is 2.45. The summed E-state index contributed by atoms with van der Waals surface area (Å²) in [5.41, 5.74) is 6.38. The zero-order valence-electron chi connectivity index (χ0n) is 10.9. The second-order valence-electron chi connectivity index (χ2n) is 4.24. The molecule has 1 atom stereocenters. The molecule has 0 bridgehead atoms. The zero-order chi connectivity index (χ0) is 14.7. The van der Waals surface area contributed by atoms with E-state index in [1.807, 2.05) is 6.92 Å². The Balaban J connectivity index is 2.31. The number of ether oxygens (including phenoxy) is 1. The van der Waals surface area contributed by atoms with Crippen LogP contribution in [0, 0.1) is 17.5 Å². The van der Waals surface area contributed by atoms with E-state index in [4.69, 9.17) is 10.5 Å². The first-order valence-electron chi connectivity index (χ1n) is 6.16. The second-order valence-corrected chi connectivity index (χ2v) is 4.24. The maximum Gasteiger partial charge on any atom is 0.194 e. The molecular weight excluding hydrogens is 267 g/mol. The molecule has 2 aromatic carbocycles. The van der Waals surface area contributed by atoms with Gasteiger partial charge in [0.05, 0.1) is 12.6 Å². The van der Waals surface area contributed by atoms with Crippen molar-refractivity contribution < 1.29 is 17.9 Å². The third-order valence-electron chi connectivity index (χ3n) is 2.95. The van der Waals surface area contributed by atoms with Crippen LogP contribution in [0.3, 0.4) is 0 Å². The molecule has 0 aliphatic carbocycles. The molecule has 0 aliphatic heterocycles. The number of rotatable bonds is 4. The molecule has 0 radical (unpaired) electrons. The molecule has 106 valence electrons. The number of halogens is 3. The van der Waals surface area contributed by atoms with Gasteiger partial charge in [0.25, 0.3) is 0 Å². The van der Waals surface area contributed by atoms with Crippen molar-refractivity contribution >= 4 is 0 Å². The third-order valence-corrected chi connectivity index (χ3v) is 2.95. The average molecular weight is 281 g/mol. The number of benzene rings is 2. The van der Waals surface area contributed by atoms with E-state index in [0.29, 0.717) is 17.9 Å². The van der Waals surface area contributed by atoms with Gasteiger partial charge in [-0.2, -0.15) is 0 Å². The van der Waals surface area contributed by atoms with Gasteiger partial charge >= 0.3 is 0 Å². The zero-order valence-corrected chi connectivity index (χ0v) is 10.9. The highest BCUT2D eigenvalue weighted by atomic mass is 19.2. The third kappa shape index (κ3) is 2.77. The Bertz CT molecular complexity index is 599. The van der Waals surface area contributed by atoms with Crippen molar-refractivity contribution in [1.29, 1.82) is 0 Å². The molecule has 0 saturated carbocycles. The first kappa shape index (κ1) is 14.4. The summed E-state index contributed by atoms with van der Waals surface area (Å²) in [6, 6.07) is 7.84. The summed E-state index contributed by atoms with van der Waals surface area (Å²) >= 11 is 0. The predicted octanol–water partition coefficient (Wildman–Crippen LogP) is 3.55. The molecule has 0 spiro atoms. The van der Waals surface area contributed by atoms with E-state index in [-0.39, 0.29) is 5.56 Å². The van der Waals surface area contributed by atoms with Gasteiger partial charge in [-0.15, -0.1) is 0 Å². The van der Waals surface area contributed by atoms with Gasteiger partial charge in [-0.3, -0.25) is 0 Å². The Morgan fingerprint density at radius 1 is 1.00 bits per heavy atom. The van der Waals surface area contributed by atoms with Crippen molar-refractivity contribution in [3.05, 3.63) is 65.0 Å². The lowest BCUT2D eigenvalue weighted by Crippen LogP contribution is -2.15. The minimum absolute atomic E-state index is 0.0898. The molecule has 2 nitrogen and oxygen atoms in total. The van der Waals surface area contributed by atoms with Crippen molar-refractivity contribution in [2.45, 2.75) is 13.0 Å². The molecule has 2 aromatic rings. The van der Waals surface area contributed by atoms with Crippen LogP contribution in [0.15, 0.2) is 36.4 Å². The maximum absolute atomic E-state index is 13.7. The predicted molar refractivity (Wildman–Crippen MR) is 70.0 cm³/mol. The lowest BCUT2D eigenvalue weighted by molar-refractivity contribution is 0.340. The van der Waals surface area contributed by atoms with Gasteiger partial charge in [-0.1, -0.05) is 18.2 Å². The monoisotopic (exact) mass is 281 g/mol. The van der Waals surface area contributed by atoms with Gasteiger partial charge in [-0.25, -0.2) is 13.2 Å². The van der Waals surface area contributed by atoms with Crippen LogP contribution in [0.5, 0.6) is 5.75 Å². The van der Waals surface area contributed by atoms with Crippen LogP contribution < -0.4 is 10.5 Å². The van der Waals surface area contributed by atoms with Crippen LogP contribution in [0.1, 0.15) is 24.1 Å². The lowest BCUT2D eigenvalue weighted by Gasteiger charge is -2.14. The van der Waals surface area contributed by atoms with E-state index in [2.05, 4.69) is 0 Å². The van der Waals surface area contributed by atoms with Crippen molar-refractivity contribution in [2.75, 3.05) is 6.61 Å². The van der Waals surface area contributed by atoms with E-state index >= 15 is 0 Å². The van der Waals surface area contributed by atoms with E-state index < -0.39 is 23.5 Å². The number of nitrogens with two attached hydrogens (primary N) is 1. The van der Waals surface area contributed by atoms with Gasteiger partial charge in [0.1, 0.15) is 5.75 Å². The van der Waals surface area contributed by atoms with Crippen LogP contribution in [0.25, 0.3) is 0 Å². The fourth-order valence-corrected chi connectivity index (χ4v) is 1.90. The molecule has 5 heteroatoms. The largest absolute Gasteiger partial charge is 0.494 e. The van der Waals surface area contributed by atoms with Gasteiger partial charge in [0, 0.05) is 5.56 Å². The fraction of sp³-hybridized carbons (Fsp3) is 0.200. The Kier molecular flexibility index (Phi) is 4.29. The van der Waals surface area contributed by atoms with Crippen molar-refractivity contribution in [1.82, 2.24) is 0 Å². The summed E-state index contributed by atoms with van der Waals surface area (Å²) in [5, 5.41) is 0. The van der Waals surface area contributed by atoms with Crippen molar-refractivity contribution in [3.8, 4) is 5.75 Å². The quantitative estimate of drug-likeness (QED) is 0.870. The molecular formula is C15H14F3NO. The minimum Gasteiger partial charge on any atom is -0.494 e. The summed E-state index contributed by atoms with van der Waals surface area (Å²) < 4.78 is 45.1. The fourth-order valence-electron chi connectivity index (χ4n) is 1.90. The maximum atomic E-state index is 13.7. The molecule has 0 fully saturated rings.